The normalized spacial score (nSPS) is 15.8. The Bertz CT molecular complexity index is 608. The Kier molecular flexibility index (Phi) is 6.95. The Morgan fingerprint density at radius 3 is 2.68 bits per heavy atom. The highest BCUT2D eigenvalue weighted by Gasteiger charge is 2.42. The molecule has 4 nitrogen and oxygen atoms in total. The number of carbonyl (C=O) groups excluding carboxylic acids is 1. The van der Waals surface area contributed by atoms with Crippen molar-refractivity contribution in [1.29, 1.82) is 0 Å². The zero-order chi connectivity index (χ0) is 18.4. The van der Waals surface area contributed by atoms with Crippen LogP contribution in [0, 0.1) is 0 Å². The molecule has 2 rings (SSSR count). The first-order chi connectivity index (χ1) is 11.8. The van der Waals surface area contributed by atoms with Gasteiger partial charge in [0.25, 0.3) is 0 Å². The number of rotatable bonds is 4. The first kappa shape index (κ1) is 19.8. The second-order valence-electron chi connectivity index (χ2n) is 6.13. The van der Waals surface area contributed by atoms with Crippen molar-refractivity contribution in [3.8, 4) is 0 Å². The summed E-state index contributed by atoms with van der Waals surface area (Å²) in [5.41, 5.74) is 8.31. The molecule has 1 amide bonds. The van der Waals surface area contributed by atoms with Crippen molar-refractivity contribution in [3.05, 3.63) is 28.3 Å². The number of nitrogens with zero attached hydrogens (tertiary/aromatic N) is 1. The number of hydrogen-bond acceptors (Lipinski definition) is 3. The van der Waals surface area contributed by atoms with Gasteiger partial charge in [0.2, 0.25) is 0 Å². The number of fused-ring (bicyclic) bond motifs is 1. The minimum Gasteiger partial charge on any atom is -0.384 e. The molecule has 0 saturated carbocycles. The van der Waals surface area contributed by atoms with E-state index in [2.05, 4.69) is 5.32 Å². The van der Waals surface area contributed by atoms with Gasteiger partial charge in [0.1, 0.15) is 0 Å². The standard InChI is InChI=1S/C17H23ClF3N3O/c18-14-6-5-12-7-11-24(16(25)17(19,20)21)10-2-1-4-13(12)15(14)23-9-3-8-22/h5-6,23H,1-4,7-11,22H2. The molecule has 0 radical (unpaired) electrons. The van der Waals surface area contributed by atoms with E-state index in [4.69, 9.17) is 17.3 Å². The Hall–Kier alpha value is -1.47. The van der Waals surface area contributed by atoms with Crippen LogP contribution >= 0.6 is 11.6 Å². The van der Waals surface area contributed by atoms with Crippen LogP contribution in [0.4, 0.5) is 18.9 Å². The summed E-state index contributed by atoms with van der Waals surface area (Å²) in [7, 11) is 0. The molecule has 1 aliphatic rings. The molecule has 0 saturated heterocycles. The second-order valence-corrected chi connectivity index (χ2v) is 6.53. The first-order valence-electron chi connectivity index (χ1n) is 8.45. The molecule has 140 valence electrons. The van der Waals surface area contributed by atoms with Crippen molar-refractivity contribution in [2.24, 2.45) is 5.73 Å². The van der Waals surface area contributed by atoms with Crippen molar-refractivity contribution >= 4 is 23.2 Å². The Balaban J connectivity index is 2.22. The Morgan fingerprint density at radius 1 is 1.24 bits per heavy atom. The van der Waals surface area contributed by atoms with Gasteiger partial charge in [-0.05, 0) is 55.8 Å². The SMILES string of the molecule is NCCCNc1c(Cl)ccc2c1CCCCN(C(=O)C(F)(F)F)CC2. The lowest BCUT2D eigenvalue weighted by atomic mass is 9.98. The molecule has 0 aliphatic carbocycles. The van der Waals surface area contributed by atoms with Crippen molar-refractivity contribution < 1.29 is 18.0 Å². The van der Waals surface area contributed by atoms with E-state index in [1.54, 1.807) is 6.07 Å². The first-order valence-corrected chi connectivity index (χ1v) is 8.82. The lowest BCUT2D eigenvalue weighted by molar-refractivity contribution is -0.185. The van der Waals surface area contributed by atoms with E-state index in [1.807, 2.05) is 6.07 Å². The van der Waals surface area contributed by atoms with Gasteiger partial charge in [-0.2, -0.15) is 13.2 Å². The minimum absolute atomic E-state index is 0.0508. The van der Waals surface area contributed by atoms with Crippen LogP contribution in [0.25, 0.3) is 0 Å². The number of nitrogens with one attached hydrogen (secondary N) is 1. The van der Waals surface area contributed by atoms with Crippen LogP contribution in [0.5, 0.6) is 0 Å². The predicted octanol–water partition coefficient (Wildman–Crippen LogP) is 3.37. The molecule has 0 fully saturated rings. The maximum absolute atomic E-state index is 12.7. The van der Waals surface area contributed by atoms with Crippen molar-refractivity contribution in [3.63, 3.8) is 0 Å². The van der Waals surface area contributed by atoms with Gasteiger partial charge in [-0.25, -0.2) is 0 Å². The van der Waals surface area contributed by atoms with Gasteiger partial charge >= 0.3 is 12.1 Å². The van der Waals surface area contributed by atoms with Crippen LogP contribution in [0.1, 0.15) is 30.4 Å². The average Bonchev–Trinajstić information content (AvgIpc) is 2.66. The van der Waals surface area contributed by atoms with Gasteiger partial charge < -0.3 is 16.0 Å². The van der Waals surface area contributed by atoms with Gasteiger partial charge in [0.05, 0.1) is 10.7 Å². The lowest BCUT2D eigenvalue weighted by Crippen LogP contribution is -2.42. The maximum Gasteiger partial charge on any atom is 0.471 e. The summed E-state index contributed by atoms with van der Waals surface area (Å²) in [5.74, 6) is -1.76. The second kappa shape index (κ2) is 8.76. The number of halogens is 4. The van der Waals surface area contributed by atoms with E-state index in [0.717, 1.165) is 34.6 Å². The fraction of sp³-hybridized carbons (Fsp3) is 0.588. The fourth-order valence-electron chi connectivity index (χ4n) is 3.04. The third-order valence-corrected chi connectivity index (χ3v) is 4.64. The van der Waals surface area contributed by atoms with Gasteiger partial charge in [0.15, 0.2) is 0 Å². The molecular weight excluding hydrogens is 355 g/mol. The predicted molar refractivity (Wildman–Crippen MR) is 92.9 cm³/mol. The van der Waals surface area contributed by atoms with Crippen molar-refractivity contribution in [2.45, 2.75) is 38.3 Å². The molecule has 0 aromatic heterocycles. The van der Waals surface area contributed by atoms with Crippen LogP contribution in [-0.2, 0) is 17.6 Å². The zero-order valence-electron chi connectivity index (χ0n) is 14.0. The molecule has 3 N–H and O–H groups in total. The summed E-state index contributed by atoms with van der Waals surface area (Å²) in [4.78, 5) is 12.5. The highest BCUT2D eigenvalue weighted by Crippen LogP contribution is 2.32. The third kappa shape index (κ3) is 5.25. The number of carbonyl (C=O) groups is 1. The number of amides is 1. The topological polar surface area (TPSA) is 58.4 Å². The van der Waals surface area contributed by atoms with E-state index >= 15 is 0 Å². The summed E-state index contributed by atoms with van der Waals surface area (Å²) in [6, 6.07) is 3.59. The summed E-state index contributed by atoms with van der Waals surface area (Å²) < 4.78 is 38.2. The largest absolute Gasteiger partial charge is 0.471 e. The highest BCUT2D eigenvalue weighted by atomic mass is 35.5. The zero-order valence-corrected chi connectivity index (χ0v) is 14.7. The van der Waals surface area contributed by atoms with Crippen LogP contribution < -0.4 is 11.1 Å². The van der Waals surface area contributed by atoms with Crippen molar-refractivity contribution in [2.75, 3.05) is 31.5 Å². The number of anilines is 1. The molecule has 1 aromatic rings. The van der Waals surface area contributed by atoms with E-state index in [9.17, 15) is 18.0 Å². The van der Waals surface area contributed by atoms with Gasteiger partial charge in [0, 0.05) is 19.6 Å². The van der Waals surface area contributed by atoms with Crippen LogP contribution in [0.2, 0.25) is 5.02 Å². The van der Waals surface area contributed by atoms with Crippen LogP contribution in [0.15, 0.2) is 12.1 Å². The Labute approximate surface area is 150 Å². The van der Waals surface area contributed by atoms with E-state index < -0.39 is 12.1 Å². The summed E-state index contributed by atoms with van der Waals surface area (Å²) in [5, 5.41) is 3.89. The van der Waals surface area contributed by atoms with E-state index in [-0.39, 0.29) is 13.1 Å². The molecule has 1 aliphatic heterocycles. The molecule has 0 spiro atoms. The maximum atomic E-state index is 12.7. The fourth-order valence-corrected chi connectivity index (χ4v) is 3.29. The average molecular weight is 378 g/mol. The van der Waals surface area contributed by atoms with Gasteiger partial charge in [-0.1, -0.05) is 17.7 Å². The molecule has 0 unspecified atom stereocenters. The van der Waals surface area contributed by atoms with E-state index in [0.29, 0.717) is 37.4 Å². The van der Waals surface area contributed by atoms with Crippen molar-refractivity contribution in [1.82, 2.24) is 4.90 Å². The summed E-state index contributed by atoms with van der Waals surface area (Å²) in [6.07, 6.45) is -1.72. The molecule has 1 heterocycles. The molecule has 0 atom stereocenters. The van der Waals surface area contributed by atoms with Crippen LogP contribution in [-0.4, -0.2) is 43.2 Å². The summed E-state index contributed by atoms with van der Waals surface area (Å²) in [6.45, 7) is 1.42. The van der Waals surface area contributed by atoms with Crippen LogP contribution in [0.3, 0.4) is 0 Å². The lowest BCUT2D eigenvalue weighted by Gasteiger charge is -2.23. The quantitative estimate of drug-likeness (QED) is 0.791. The smallest absolute Gasteiger partial charge is 0.384 e. The minimum atomic E-state index is -4.83. The molecular formula is C17H23ClF3N3O. The molecule has 0 bridgehead atoms. The summed E-state index contributed by atoms with van der Waals surface area (Å²) >= 11 is 6.31. The molecule has 25 heavy (non-hydrogen) atoms. The van der Waals surface area contributed by atoms with E-state index in [1.165, 1.54) is 0 Å². The monoisotopic (exact) mass is 377 g/mol. The number of hydrogen-bond donors (Lipinski definition) is 2. The highest BCUT2D eigenvalue weighted by molar-refractivity contribution is 6.33. The number of benzene rings is 1. The number of alkyl halides is 3. The molecule has 8 heteroatoms. The number of nitrogens with two attached hydrogens (primary N) is 1. The molecule has 1 aromatic carbocycles. The van der Waals surface area contributed by atoms with Gasteiger partial charge in [-0.15, -0.1) is 0 Å². The Morgan fingerprint density at radius 2 is 2.00 bits per heavy atom. The third-order valence-electron chi connectivity index (χ3n) is 4.33. The van der Waals surface area contributed by atoms with Gasteiger partial charge in [-0.3, -0.25) is 4.79 Å².